The fourth-order valence-electron chi connectivity index (χ4n) is 4.59. The molecule has 6 heteroatoms. The number of carbonyl (C=O) groups is 1. The van der Waals surface area contributed by atoms with Crippen molar-refractivity contribution in [3.05, 3.63) is 18.1 Å². The Hall–Kier alpha value is -1.69. The van der Waals surface area contributed by atoms with E-state index in [9.17, 15) is 4.79 Å². The minimum atomic E-state index is 0.304. The molecule has 4 rings (SSSR count). The standard InChI is InChI=1S/C19H29N5O/c1-23-7-4-19(3-2-18(23)25)5-8-24(9-6-19)17-12-16(21-13-22-17)14-10-15(20)11-14/h12-15H,2-11,20H2,1H3. The summed E-state index contributed by atoms with van der Waals surface area (Å²) in [5, 5.41) is 0. The Morgan fingerprint density at radius 2 is 1.84 bits per heavy atom. The first-order chi connectivity index (χ1) is 12.0. The van der Waals surface area contributed by atoms with Gasteiger partial charge in [0.25, 0.3) is 0 Å². The number of aromatic nitrogens is 2. The van der Waals surface area contributed by atoms with Crippen LogP contribution in [0.4, 0.5) is 5.82 Å². The van der Waals surface area contributed by atoms with E-state index in [4.69, 9.17) is 5.73 Å². The SMILES string of the molecule is CN1CCC2(CCC1=O)CCN(c1cc(C3CC(N)C3)ncn1)CC2. The average molecular weight is 343 g/mol. The maximum Gasteiger partial charge on any atom is 0.222 e. The first-order valence-corrected chi connectivity index (χ1v) is 9.61. The minimum Gasteiger partial charge on any atom is -0.356 e. The van der Waals surface area contributed by atoms with Gasteiger partial charge in [0.2, 0.25) is 5.91 Å². The number of piperidine rings is 1. The van der Waals surface area contributed by atoms with E-state index in [1.54, 1.807) is 6.33 Å². The molecule has 0 unspecified atom stereocenters. The van der Waals surface area contributed by atoms with Gasteiger partial charge in [-0.15, -0.1) is 0 Å². The van der Waals surface area contributed by atoms with Crippen molar-refractivity contribution in [2.75, 3.05) is 31.6 Å². The minimum absolute atomic E-state index is 0.304. The summed E-state index contributed by atoms with van der Waals surface area (Å²) < 4.78 is 0. The Kier molecular flexibility index (Phi) is 4.40. The van der Waals surface area contributed by atoms with E-state index >= 15 is 0 Å². The molecule has 1 spiro atoms. The number of nitrogens with two attached hydrogens (primary N) is 1. The first-order valence-electron chi connectivity index (χ1n) is 9.61. The molecule has 1 saturated carbocycles. The van der Waals surface area contributed by atoms with Crippen molar-refractivity contribution in [1.82, 2.24) is 14.9 Å². The molecule has 136 valence electrons. The normalized spacial score (nSPS) is 29.4. The number of rotatable bonds is 2. The van der Waals surface area contributed by atoms with Crippen LogP contribution >= 0.6 is 0 Å². The summed E-state index contributed by atoms with van der Waals surface area (Å²) in [5.74, 6) is 1.87. The lowest BCUT2D eigenvalue weighted by Gasteiger charge is -2.42. The van der Waals surface area contributed by atoms with Crippen molar-refractivity contribution in [1.29, 1.82) is 0 Å². The zero-order chi connectivity index (χ0) is 17.4. The topological polar surface area (TPSA) is 75.4 Å². The van der Waals surface area contributed by atoms with Gasteiger partial charge >= 0.3 is 0 Å². The lowest BCUT2D eigenvalue weighted by molar-refractivity contribution is -0.129. The molecule has 6 nitrogen and oxygen atoms in total. The van der Waals surface area contributed by atoms with Gasteiger partial charge in [-0.25, -0.2) is 9.97 Å². The molecule has 25 heavy (non-hydrogen) atoms. The maximum atomic E-state index is 12.0. The van der Waals surface area contributed by atoms with Crippen molar-refractivity contribution in [2.45, 2.75) is 56.9 Å². The lowest BCUT2D eigenvalue weighted by atomic mass is 9.73. The fraction of sp³-hybridized carbons (Fsp3) is 0.737. The van der Waals surface area contributed by atoms with Gasteiger partial charge in [0.05, 0.1) is 0 Å². The molecule has 0 aromatic carbocycles. The first kappa shape index (κ1) is 16.8. The Labute approximate surface area is 149 Å². The number of amides is 1. The summed E-state index contributed by atoms with van der Waals surface area (Å²) in [6, 6.07) is 2.51. The fourth-order valence-corrected chi connectivity index (χ4v) is 4.59. The highest BCUT2D eigenvalue weighted by molar-refractivity contribution is 5.76. The van der Waals surface area contributed by atoms with Crippen molar-refractivity contribution in [2.24, 2.45) is 11.1 Å². The molecule has 1 aromatic heterocycles. The molecule has 1 aromatic rings. The van der Waals surface area contributed by atoms with Crippen molar-refractivity contribution in [3.8, 4) is 0 Å². The van der Waals surface area contributed by atoms with Gasteiger partial charge in [-0.05, 0) is 43.9 Å². The number of hydrogen-bond acceptors (Lipinski definition) is 5. The molecule has 1 aliphatic carbocycles. The molecule has 2 saturated heterocycles. The summed E-state index contributed by atoms with van der Waals surface area (Å²) in [6.07, 6.45) is 8.98. The quantitative estimate of drug-likeness (QED) is 0.888. The van der Waals surface area contributed by atoms with Crippen LogP contribution in [0.2, 0.25) is 0 Å². The van der Waals surface area contributed by atoms with E-state index in [0.29, 0.717) is 29.7 Å². The Balaban J connectivity index is 1.40. The van der Waals surface area contributed by atoms with Crippen molar-refractivity contribution in [3.63, 3.8) is 0 Å². The number of nitrogens with zero attached hydrogens (tertiary/aromatic N) is 4. The largest absolute Gasteiger partial charge is 0.356 e. The van der Waals surface area contributed by atoms with Crippen LogP contribution in [0.25, 0.3) is 0 Å². The van der Waals surface area contributed by atoms with Crippen LogP contribution in [0.3, 0.4) is 0 Å². The molecule has 3 heterocycles. The molecule has 1 amide bonds. The monoisotopic (exact) mass is 343 g/mol. The summed E-state index contributed by atoms with van der Waals surface area (Å²) >= 11 is 0. The van der Waals surface area contributed by atoms with Crippen LogP contribution in [-0.2, 0) is 4.79 Å². The summed E-state index contributed by atoms with van der Waals surface area (Å²) in [5.41, 5.74) is 7.41. The number of hydrogen-bond donors (Lipinski definition) is 1. The Morgan fingerprint density at radius 1 is 1.12 bits per heavy atom. The number of anilines is 1. The third kappa shape index (κ3) is 3.36. The average Bonchev–Trinajstić information content (AvgIpc) is 2.74. The molecule has 0 bridgehead atoms. The molecule has 3 fully saturated rings. The lowest BCUT2D eigenvalue weighted by Crippen LogP contribution is -2.41. The van der Waals surface area contributed by atoms with E-state index < -0.39 is 0 Å². The third-order valence-electron chi connectivity index (χ3n) is 6.69. The molecule has 2 aliphatic heterocycles. The second kappa shape index (κ2) is 6.56. The van der Waals surface area contributed by atoms with Gasteiger partial charge in [0.15, 0.2) is 0 Å². The van der Waals surface area contributed by atoms with Crippen LogP contribution in [0.1, 0.15) is 56.6 Å². The molecule has 0 radical (unpaired) electrons. The Bertz CT molecular complexity index is 634. The van der Waals surface area contributed by atoms with Gasteiger partial charge in [0, 0.05) is 56.8 Å². The van der Waals surface area contributed by atoms with Crippen LogP contribution in [-0.4, -0.2) is 53.5 Å². The zero-order valence-electron chi connectivity index (χ0n) is 15.2. The highest BCUT2D eigenvalue weighted by Crippen LogP contribution is 2.42. The second-order valence-electron chi connectivity index (χ2n) is 8.28. The van der Waals surface area contributed by atoms with Gasteiger partial charge in [-0.1, -0.05) is 0 Å². The van der Waals surface area contributed by atoms with Crippen LogP contribution in [0.5, 0.6) is 0 Å². The molecule has 3 aliphatic rings. The van der Waals surface area contributed by atoms with E-state index in [1.807, 2.05) is 11.9 Å². The Morgan fingerprint density at radius 3 is 2.56 bits per heavy atom. The summed E-state index contributed by atoms with van der Waals surface area (Å²) in [4.78, 5) is 25.3. The van der Waals surface area contributed by atoms with Gasteiger partial charge in [-0.2, -0.15) is 0 Å². The molecular formula is C19H29N5O. The number of carbonyl (C=O) groups excluding carboxylic acids is 1. The van der Waals surface area contributed by atoms with Crippen LogP contribution in [0.15, 0.2) is 12.4 Å². The van der Waals surface area contributed by atoms with E-state index in [0.717, 1.165) is 69.7 Å². The molecule has 0 atom stereocenters. The van der Waals surface area contributed by atoms with Crippen molar-refractivity contribution >= 4 is 11.7 Å². The van der Waals surface area contributed by atoms with E-state index in [1.165, 1.54) is 0 Å². The van der Waals surface area contributed by atoms with Crippen LogP contribution in [0, 0.1) is 5.41 Å². The van der Waals surface area contributed by atoms with E-state index in [2.05, 4.69) is 20.9 Å². The highest BCUT2D eigenvalue weighted by Gasteiger charge is 2.37. The smallest absolute Gasteiger partial charge is 0.222 e. The molecule has 2 N–H and O–H groups in total. The van der Waals surface area contributed by atoms with Gasteiger partial charge < -0.3 is 15.5 Å². The van der Waals surface area contributed by atoms with E-state index in [-0.39, 0.29) is 0 Å². The second-order valence-corrected chi connectivity index (χ2v) is 8.28. The molecular weight excluding hydrogens is 314 g/mol. The third-order valence-corrected chi connectivity index (χ3v) is 6.69. The summed E-state index contributed by atoms with van der Waals surface area (Å²) in [6.45, 7) is 2.95. The van der Waals surface area contributed by atoms with Crippen LogP contribution < -0.4 is 10.6 Å². The predicted molar refractivity (Wildman–Crippen MR) is 97.4 cm³/mol. The predicted octanol–water partition coefficient (Wildman–Crippen LogP) is 1.91. The highest BCUT2D eigenvalue weighted by atomic mass is 16.2. The zero-order valence-corrected chi connectivity index (χ0v) is 15.2. The van der Waals surface area contributed by atoms with Gasteiger partial charge in [-0.3, -0.25) is 4.79 Å². The maximum absolute atomic E-state index is 12.0. The van der Waals surface area contributed by atoms with Gasteiger partial charge in [0.1, 0.15) is 12.1 Å². The summed E-state index contributed by atoms with van der Waals surface area (Å²) in [7, 11) is 1.94. The van der Waals surface area contributed by atoms with Crippen molar-refractivity contribution < 1.29 is 4.79 Å². The number of likely N-dealkylation sites (tertiary alicyclic amines) is 1.